The highest BCUT2D eigenvalue weighted by Crippen LogP contribution is 2.33. The standard InChI is InChI=1S/C19H17ClN2O4/c1-2-16(23)12-6-7-17-15(8-12)22(19(25)11-26-17)10-18(24)21-14-5-3-4-13(20)9-14/h3-9H,2,10-11H2,1H3,(H,21,24). The van der Waals surface area contributed by atoms with Crippen molar-refractivity contribution in [3.05, 3.63) is 53.1 Å². The molecule has 0 unspecified atom stereocenters. The van der Waals surface area contributed by atoms with E-state index in [2.05, 4.69) is 5.32 Å². The Morgan fingerprint density at radius 3 is 2.77 bits per heavy atom. The van der Waals surface area contributed by atoms with Crippen LogP contribution >= 0.6 is 11.6 Å². The number of hydrogen-bond acceptors (Lipinski definition) is 4. The molecule has 0 radical (unpaired) electrons. The molecule has 7 heteroatoms. The molecule has 2 amide bonds. The molecule has 134 valence electrons. The summed E-state index contributed by atoms with van der Waals surface area (Å²) in [5, 5.41) is 3.20. The summed E-state index contributed by atoms with van der Waals surface area (Å²) >= 11 is 5.91. The lowest BCUT2D eigenvalue weighted by Gasteiger charge is -2.29. The molecule has 0 fully saturated rings. The SMILES string of the molecule is CCC(=O)c1ccc2c(c1)N(CC(=O)Nc1cccc(Cl)c1)C(=O)CO2. The second-order valence-electron chi connectivity index (χ2n) is 5.79. The molecular formula is C19H17ClN2O4. The van der Waals surface area contributed by atoms with Crippen molar-refractivity contribution >= 4 is 40.6 Å². The Bertz CT molecular complexity index is 882. The third-order valence-corrected chi connectivity index (χ3v) is 4.19. The Balaban J connectivity index is 1.82. The summed E-state index contributed by atoms with van der Waals surface area (Å²) in [5.41, 5.74) is 1.44. The summed E-state index contributed by atoms with van der Waals surface area (Å²) in [4.78, 5) is 37.9. The molecular weight excluding hydrogens is 356 g/mol. The zero-order chi connectivity index (χ0) is 18.7. The van der Waals surface area contributed by atoms with Crippen molar-refractivity contribution in [1.82, 2.24) is 0 Å². The summed E-state index contributed by atoms with van der Waals surface area (Å²) in [6.07, 6.45) is 0.350. The number of carbonyl (C=O) groups is 3. The number of halogens is 1. The van der Waals surface area contributed by atoms with Gasteiger partial charge in [0.1, 0.15) is 12.3 Å². The van der Waals surface area contributed by atoms with Gasteiger partial charge in [-0.25, -0.2) is 0 Å². The maximum atomic E-state index is 12.4. The molecule has 1 N–H and O–H groups in total. The highest BCUT2D eigenvalue weighted by Gasteiger charge is 2.28. The second-order valence-corrected chi connectivity index (χ2v) is 6.22. The zero-order valence-electron chi connectivity index (χ0n) is 14.1. The number of nitrogens with one attached hydrogen (secondary N) is 1. The third-order valence-electron chi connectivity index (χ3n) is 3.96. The van der Waals surface area contributed by atoms with E-state index in [1.807, 2.05) is 0 Å². The topological polar surface area (TPSA) is 75.7 Å². The third kappa shape index (κ3) is 3.86. The number of fused-ring (bicyclic) bond motifs is 1. The maximum Gasteiger partial charge on any atom is 0.265 e. The molecule has 0 bridgehead atoms. The number of rotatable bonds is 5. The Hall–Kier alpha value is -2.86. The first-order chi connectivity index (χ1) is 12.5. The predicted octanol–water partition coefficient (Wildman–Crippen LogP) is 3.30. The van der Waals surface area contributed by atoms with E-state index < -0.39 is 0 Å². The average Bonchev–Trinajstić information content (AvgIpc) is 2.63. The van der Waals surface area contributed by atoms with E-state index in [0.717, 1.165) is 0 Å². The van der Waals surface area contributed by atoms with E-state index in [1.54, 1.807) is 49.4 Å². The fourth-order valence-corrected chi connectivity index (χ4v) is 2.85. The maximum absolute atomic E-state index is 12.4. The highest BCUT2D eigenvalue weighted by atomic mass is 35.5. The quantitative estimate of drug-likeness (QED) is 0.817. The lowest BCUT2D eigenvalue weighted by Crippen LogP contribution is -2.43. The number of nitrogens with zero attached hydrogens (tertiary/aromatic N) is 1. The molecule has 1 aliphatic heterocycles. The van der Waals surface area contributed by atoms with Crippen molar-refractivity contribution in [1.29, 1.82) is 0 Å². The van der Waals surface area contributed by atoms with Gasteiger partial charge in [-0.3, -0.25) is 19.3 Å². The Morgan fingerprint density at radius 2 is 2.04 bits per heavy atom. The minimum Gasteiger partial charge on any atom is -0.482 e. The van der Waals surface area contributed by atoms with Crippen LogP contribution in [0.15, 0.2) is 42.5 Å². The Kier molecular flexibility index (Phi) is 5.23. The Morgan fingerprint density at radius 1 is 1.23 bits per heavy atom. The molecule has 0 saturated heterocycles. The van der Waals surface area contributed by atoms with Crippen LogP contribution in [0.1, 0.15) is 23.7 Å². The number of Topliss-reactive ketones (excluding diaryl/α,β-unsaturated/α-hetero) is 1. The van der Waals surface area contributed by atoms with Crippen LogP contribution in [-0.4, -0.2) is 30.7 Å². The van der Waals surface area contributed by atoms with Gasteiger partial charge in [-0.1, -0.05) is 24.6 Å². The van der Waals surface area contributed by atoms with Gasteiger partial charge in [0.15, 0.2) is 12.4 Å². The van der Waals surface area contributed by atoms with E-state index in [-0.39, 0.29) is 30.7 Å². The van der Waals surface area contributed by atoms with Gasteiger partial charge < -0.3 is 10.1 Å². The number of amides is 2. The lowest BCUT2D eigenvalue weighted by molar-refractivity contribution is -0.123. The van der Waals surface area contributed by atoms with Gasteiger partial charge in [0.05, 0.1) is 5.69 Å². The summed E-state index contributed by atoms with van der Waals surface area (Å²) in [6.45, 7) is 1.42. The fourth-order valence-electron chi connectivity index (χ4n) is 2.66. The van der Waals surface area contributed by atoms with E-state index in [1.165, 1.54) is 4.90 Å². The number of hydrogen-bond donors (Lipinski definition) is 1. The highest BCUT2D eigenvalue weighted by molar-refractivity contribution is 6.30. The molecule has 0 aliphatic carbocycles. The molecule has 2 aromatic carbocycles. The van der Waals surface area contributed by atoms with Gasteiger partial charge in [0.2, 0.25) is 5.91 Å². The van der Waals surface area contributed by atoms with E-state index in [9.17, 15) is 14.4 Å². The van der Waals surface area contributed by atoms with Crippen LogP contribution in [0.3, 0.4) is 0 Å². The van der Waals surface area contributed by atoms with Crippen molar-refractivity contribution in [2.24, 2.45) is 0 Å². The van der Waals surface area contributed by atoms with Crippen LogP contribution in [0.4, 0.5) is 11.4 Å². The number of carbonyl (C=O) groups excluding carboxylic acids is 3. The second kappa shape index (κ2) is 7.58. The summed E-state index contributed by atoms with van der Waals surface area (Å²) in [5.74, 6) is -0.303. The summed E-state index contributed by atoms with van der Waals surface area (Å²) in [7, 11) is 0. The molecule has 3 rings (SSSR count). The van der Waals surface area contributed by atoms with Crippen LogP contribution in [0, 0.1) is 0 Å². The molecule has 0 atom stereocenters. The first kappa shape index (κ1) is 17.9. The molecule has 2 aromatic rings. The van der Waals surface area contributed by atoms with Gasteiger partial charge in [-0.15, -0.1) is 0 Å². The van der Waals surface area contributed by atoms with Crippen LogP contribution in [0.25, 0.3) is 0 Å². The van der Waals surface area contributed by atoms with Crippen LogP contribution < -0.4 is 15.0 Å². The van der Waals surface area contributed by atoms with E-state index in [4.69, 9.17) is 16.3 Å². The normalized spacial score (nSPS) is 13.0. The lowest BCUT2D eigenvalue weighted by atomic mass is 10.1. The summed E-state index contributed by atoms with van der Waals surface area (Å²) in [6, 6.07) is 11.6. The number of anilines is 2. The zero-order valence-corrected chi connectivity index (χ0v) is 14.9. The number of ether oxygens (including phenoxy) is 1. The number of benzene rings is 2. The van der Waals surface area contributed by atoms with Gasteiger partial charge >= 0.3 is 0 Å². The monoisotopic (exact) mass is 372 g/mol. The van der Waals surface area contributed by atoms with Gasteiger partial charge in [-0.05, 0) is 36.4 Å². The predicted molar refractivity (Wildman–Crippen MR) is 99.0 cm³/mol. The minimum absolute atomic E-state index is 0.0471. The molecule has 1 aliphatic rings. The molecule has 0 saturated carbocycles. The largest absolute Gasteiger partial charge is 0.482 e. The van der Waals surface area contributed by atoms with Crippen molar-refractivity contribution in [2.75, 3.05) is 23.4 Å². The van der Waals surface area contributed by atoms with Crippen molar-refractivity contribution in [3.63, 3.8) is 0 Å². The number of ketones is 1. The average molecular weight is 373 g/mol. The van der Waals surface area contributed by atoms with E-state index in [0.29, 0.717) is 34.1 Å². The molecule has 26 heavy (non-hydrogen) atoms. The van der Waals surface area contributed by atoms with Crippen molar-refractivity contribution in [2.45, 2.75) is 13.3 Å². The first-order valence-electron chi connectivity index (χ1n) is 8.13. The van der Waals surface area contributed by atoms with Gasteiger partial charge in [0, 0.05) is 22.7 Å². The van der Waals surface area contributed by atoms with Gasteiger partial charge in [-0.2, -0.15) is 0 Å². The van der Waals surface area contributed by atoms with Crippen LogP contribution in [-0.2, 0) is 9.59 Å². The molecule has 0 aromatic heterocycles. The van der Waals surface area contributed by atoms with Crippen molar-refractivity contribution in [3.8, 4) is 5.75 Å². The fraction of sp³-hybridized carbons (Fsp3) is 0.211. The smallest absolute Gasteiger partial charge is 0.265 e. The van der Waals surface area contributed by atoms with Crippen LogP contribution in [0.2, 0.25) is 5.02 Å². The molecule has 6 nitrogen and oxygen atoms in total. The molecule has 1 heterocycles. The molecule has 0 spiro atoms. The van der Waals surface area contributed by atoms with Gasteiger partial charge in [0.25, 0.3) is 5.91 Å². The first-order valence-corrected chi connectivity index (χ1v) is 8.51. The van der Waals surface area contributed by atoms with Crippen molar-refractivity contribution < 1.29 is 19.1 Å². The minimum atomic E-state index is -0.374. The van der Waals surface area contributed by atoms with E-state index >= 15 is 0 Å². The Labute approximate surface area is 155 Å². The van der Waals surface area contributed by atoms with Crippen LogP contribution in [0.5, 0.6) is 5.75 Å². The summed E-state index contributed by atoms with van der Waals surface area (Å²) < 4.78 is 5.40.